The number of nitrogens with zero attached hydrogens (tertiary/aromatic N) is 4. The van der Waals surface area contributed by atoms with Crippen LogP contribution in [0, 0.1) is 5.92 Å². The number of benzene rings is 1. The van der Waals surface area contributed by atoms with Crippen molar-refractivity contribution in [1.82, 2.24) is 25.1 Å². The Morgan fingerprint density at radius 1 is 1.16 bits per heavy atom. The molecule has 178 valence electrons. The van der Waals surface area contributed by atoms with E-state index in [4.69, 9.17) is 9.73 Å². The molecule has 8 heteroatoms. The Balaban J connectivity index is 0.00000363. The highest BCUT2D eigenvalue weighted by molar-refractivity contribution is 14.0. The molecule has 0 bridgehead atoms. The van der Waals surface area contributed by atoms with Crippen molar-refractivity contribution in [3.05, 3.63) is 54.1 Å². The lowest BCUT2D eigenvalue weighted by Gasteiger charge is -2.35. The van der Waals surface area contributed by atoms with Crippen LogP contribution in [-0.4, -0.2) is 65.8 Å². The van der Waals surface area contributed by atoms with Crippen LogP contribution >= 0.6 is 24.0 Å². The summed E-state index contributed by atoms with van der Waals surface area (Å²) in [6.07, 6.45) is 5.04. The maximum absolute atomic E-state index is 5.55. The molecule has 1 aromatic carbocycles. The van der Waals surface area contributed by atoms with E-state index in [0.717, 1.165) is 64.1 Å². The molecule has 1 aromatic heterocycles. The van der Waals surface area contributed by atoms with Gasteiger partial charge in [0.15, 0.2) is 5.96 Å². The van der Waals surface area contributed by atoms with E-state index >= 15 is 0 Å². The van der Waals surface area contributed by atoms with Crippen molar-refractivity contribution in [3.63, 3.8) is 0 Å². The molecule has 1 unspecified atom stereocenters. The Bertz CT molecular complexity index is 789. The van der Waals surface area contributed by atoms with Crippen molar-refractivity contribution in [1.29, 1.82) is 0 Å². The standard InChI is InChI=1S/C24H38N6O.HI/c1-4-25-24(27-17-22(16-20(2)3)29-12-14-31-15-13-29)28-18-23-26-10-11-30(23)19-21-8-6-5-7-9-21;/h5-11,20,22H,4,12-19H2,1-3H3,(H2,25,27,28);1H. The molecule has 0 saturated carbocycles. The summed E-state index contributed by atoms with van der Waals surface area (Å²) < 4.78 is 7.71. The van der Waals surface area contributed by atoms with Gasteiger partial charge in [0, 0.05) is 51.2 Å². The number of ether oxygens (including phenoxy) is 1. The summed E-state index contributed by atoms with van der Waals surface area (Å²) in [5, 5.41) is 6.96. The Morgan fingerprint density at radius 3 is 2.59 bits per heavy atom. The zero-order chi connectivity index (χ0) is 21.9. The van der Waals surface area contributed by atoms with Gasteiger partial charge in [-0.25, -0.2) is 9.98 Å². The first-order valence-electron chi connectivity index (χ1n) is 11.5. The van der Waals surface area contributed by atoms with Gasteiger partial charge in [-0.1, -0.05) is 44.2 Å². The zero-order valence-corrected chi connectivity index (χ0v) is 22.0. The van der Waals surface area contributed by atoms with Gasteiger partial charge in [-0.15, -0.1) is 24.0 Å². The van der Waals surface area contributed by atoms with E-state index in [2.05, 4.69) is 70.1 Å². The number of guanidine groups is 1. The number of hydrogen-bond acceptors (Lipinski definition) is 4. The fraction of sp³-hybridized carbons (Fsp3) is 0.583. The molecule has 0 amide bonds. The number of rotatable bonds is 10. The minimum absolute atomic E-state index is 0. The summed E-state index contributed by atoms with van der Waals surface area (Å²) in [6, 6.07) is 10.9. The second kappa shape index (κ2) is 14.5. The first-order valence-corrected chi connectivity index (χ1v) is 11.5. The monoisotopic (exact) mass is 554 g/mol. The third kappa shape index (κ3) is 8.71. The third-order valence-corrected chi connectivity index (χ3v) is 5.53. The predicted octanol–water partition coefficient (Wildman–Crippen LogP) is 3.35. The average molecular weight is 555 g/mol. The van der Waals surface area contributed by atoms with E-state index in [1.807, 2.05) is 18.5 Å². The maximum atomic E-state index is 5.55. The fourth-order valence-corrected chi connectivity index (χ4v) is 3.97. The van der Waals surface area contributed by atoms with Gasteiger partial charge >= 0.3 is 0 Å². The van der Waals surface area contributed by atoms with Crippen LogP contribution in [0.3, 0.4) is 0 Å². The van der Waals surface area contributed by atoms with E-state index in [-0.39, 0.29) is 24.0 Å². The van der Waals surface area contributed by atoms with E-state index < -0.39 is 0 Å². The number of hydrogen-bond donors (Lipinski definition) is 2. The minimum atomic E-state index is 0. The average Bonchev–Trinajstić information content (AvgIpc) is 3.22. The lowest BCUT2D eigenvalue weighted by molar-refractivity contribution is 0.0132. The van der Waals surface area contributed by atoms with Crippen molar-refractivity contribution >= 4 is 29.9 Å². The maximum Gasteiger partial charge on any atom is 0.191 e. The van der Waals surface area contributed by atoms with Crippen molar-refractivity contribution in [2.45, 2.75) is 46.3 Å². The van der Waals surface area contributed by atoms with Crippen LogP contribution in [0.1, 0.15) is 38.6 Å². The summed E-state index contributed by atoms with van der Waals surface area (Å²) in [5.41, 5.74) is 1.26. The van der Waals surface area contributed by atoms with Gasteiger partial charge in [-0.3, -0.25) is 4.90 Å². The van der Waals surface area contributed by atoms with Gasteiger partial charge in [0.1, 0.15) is 12.4 Å². The summed E-state index contributed by atoms with van der Waals surface area (Å²) in [5.74, 6) is 2.46. The number of halogens is 1. The molecular formula is C24H39IN6O. The summed E-state index contributed by atoms with van der Waals surface area (Å²) >= 11 is 0. The highest BCUT2D eigenvalue weighted by atomic mass is 127. The van der Waals surface area contributed by atoms with Crippen LogP contribution in [0.25, 0.3) is 0 Å². The lowest BCUT2D eigenvalue weighted by Crippen LogP contribution is -2.51. The Hall–Kier alpha value is -1.65. The quantitative estimate of drug-likeness (QED) is 0.268. The highest BCUT2D eigenvalue weighted by Crippen LogP contribution is 2.13. The molecule has 0 radical (unpaired) electrons. The molecule has 2 N–H and O–H groups in total. The molecule has 32 heavy (non-hydrogen) atoms. The smallest absolute Gasteiger partial charge is 0.191 e. The molecule has 0 aliphatic carbocycles. The topological polar surface area (TPSA) is 66.7 Å². The zero-order valence-electron chi connectivity index (χ0n) is 19.7. The van der Waals surface area contributed by atoms with E-state index in [0.29, 0.717) is 18.5 Å². The van der Waals surface area contributed by atoms with E-state index in [9.17, 15) is 0 Å². The molecule has 1 saturated heterocycles. The molecule has 2 heterocycles. The van der Waals surface area contributed by atoms with Crippen molar-refractivity contribution in [3.8, 4) is 0 Å². The second-order valence-electron chi connectivity index (χ2n) is 8.46. The number of aromatic nitrogens is 2. The normalized spacial score (nSPS) is 15.9. The van der Waals surface area contributed by atoms with Crippen LogP contribution < -0.4 is 10.6 Å². The molecule has 1 aliphatic heterocycles. The van der Waals surface area contributed by atoms with Gasteiger partial charge in [0.2, 0.25) is 0 Å². The summed E-state index contributed by atoms with van der Waals surface area (Å²) in [7, 11) is 0. The molecule has 2 aromatic rings. The van der Waals surface area contributed by atoms with Gasteiger partial charge in [0.25, 0.3) is 0 Å². The molecule has 1 fully saturated rings. The lowest BCUT2D eigenvalue weighted by atomic mass is 10.0. The number of nitrogens with one attached hydrogen (secondary N) is 2. The van der Waals surface area contributed by atoms with Crippen LogP contribution in [0.4, 0.5) is 0 Å². The number of imidazole rings is 1. The molecule has 3 rings (SSSR count). The Kier molecular flexibility index (Phi) is 12.0. The van der Waals surface area contributed by atoms with Crippen LogP contribution in [0.2, 0.25) is 0 Å². The Morgan fingerprint density at radius 2 is 1.91 bits per heavy atom. The second-order valence-corrected chi connectivity index (χ2v) is 8.46. The molecule has 1 aliphatic rings. The number of aliphatic imine (C=N–C) groups is 1. The predicted molar refractivity (Wildman–Crippen MR) is 142 cm³/mol. The first kappa shape index (κ1) is 26.6. The molecular weight excluding hydrogens is 515 g/mol. The minimum Gasteiger partial charge on any atom is -0.379 e. The van der Waals surface area contributed by atoms with Crippen LogP contribution in [0.15, 0.2) is 47.7 Å². The number of morpholine rings is 1. The third-order valence-electron chi connectivity index (χ3n) is 5.53. The van der Waals surface area contributed by atoms with Crippen LogP contribution in [0.5, 0.6) is 0 Å². The van der Waals surface area contributed by atoms with E-state index in [1.54, 1.807) is 0 Å². The summed E-state index contributed by atoms with van der Waals surface area (Å²) in [4.78, 5) is 11.9. The molecule has 7 nitrogen and oxygen atoms in total. The Labute approximate surface area is 210 Å². The first-order chi connectivity index (χ1) is 15.2. The van der Waals surface area contributed by atoms with Gasteiger partial charge in [-0.2, -0.15) is 0 Å². The van der Waals surface area contributed by atoms with Crippen molar-refractivity contribution in [2.75, 3.05) is 39.4 Å². The summed E-state index contributed by atoms with van der Waals surface area (Å²) in [6.45, 7) is 13.4. The molecule has 0 spiro atoms. The van der Waals surface area contributed by atoms with E-state index in [1.165, 1.54) is 5.56 Å². The van der Waals surface area contributed by atoms with Gasteiger partial charge in [0.05, 0.1) is 13.2 Å². The molecule has 1 atom stereocenters. The van der Waals surface area contributed by atoms with Crippen molar-refractivity contribution < 1.29 is 4.74 Å². The largest absolute Gasteiger partial charge is 0.379 e. The highest BCUT2D eigenvalue weighted by Gasteiger charge is 2.22. The van der Waals surface area contributed by atoms with Crippen molar-refractivity contribution in [2.24, 2.45) is 10.9 Å². The van der Waals surface area contributed by atoms with Gasteiger partial charge in [-0.05, 0) is 24.8 Å². The SMILES string of the molecule is CCNC(=NCc1nccn1Cc1ccccc1)NCC(CC(C)C)N1CCOCC1.I. The van der Waals surface area contributed by atoms with Gasteiger partial charge < -0.3 is 19.9 Å². The fourth-order valence-electron chi connectivity index (χ4n) is 3.97. The van der Waals surface area contributed by atoms with Crippen LogP contribution in [-0.2, 0) is 17.8 Å².